The Balaban J connectivity index is 2.03. The first kappa shape index (κ1) is 23.5. The van der Waals surface area contributed by atoms with Crippen LogP contribution in [-0.4, -0.2) is 48.6 Å². The van der Waals surface area contributed by atoms with E-state index in [4.69, 9.17) is 9.47 Å². The molecule has 1 aliphatic rings. The number of Topliss-reactive ketones (excluding diaryl/α,β-unsaturated/α-hetero) is 1. The average Bonchev–Trinajstić information content (AvgIpc) is 3.08. The van der Waals surface area contributed by atoms with Crippen LogP contribution in [0.5, 0.6) is 5.75 Å². The Morgan fingerprint density at radius 1 is 1.00 bits per heavy atom. The number of nitrogens with zero attached hydrogens (tertiary/aromatic N) is 1. The Hall–Kier alpha value is -3.12. The van der Waals surface area contributed by atoms with Crippen LogP contribution in [0.1, 0.15) is 49.4 Å². The van der Waals surface area contributed by atoms with Gasteiger partial charge in [-0.1, -0.05) is 50.2 Å². The maximum absolute atomic E-state index is 13.0. The molecule has 1 aliphatic heterocycles. The summed E-state index contributed by atoms with van der Waals surface area (Å²) < 4.78 is 10.8. The first-order chi connectivity index (χ1) is 15.5. The van der Waals surface area contributed by atoms with E-state index in [2.05, 4.69) is 0 Å². The van der Waals surface area contributed by atoms with Gasteiger partial charge in [0.25, 0.3) is 11.7 Å². The van der Waals surface area contributed by atoms with Gasteiger partial charge in [-0.2, -0.15) is 0 Å². The fourth-order valence-corrected chi connectivity index (χ4v) is 3.86. The van der Waals surface area contributed by atoms with Crippen LogP contribution in [0.3, 0.4) is 0 Å². The van der Waals surface area contributed by atoms with Gasteiger partial charge in [0, 0.05) is 25.8 Å². The first-order valence-electron chi connectivity index (χ1n) is 11.1. The Kier molecular flexibility index (Phi) is 8.06. The molecule has 170 valence electrons. The molecular weight excluding hydrogens is 406 g/mol. The van der Waals surface area contributed by atoms with Crippen LogP contribution in [0.15, 0.2) is 54.1 Å². The molecule has 6 nitrogen and oxygen atoms in total. The van der Waals surface area contributed by atoms with Gasteiger partial charge < -0.3 is 19.5 Å². The molecule has 0 radical (unpaired) electrons. The van der Waals surface area contributed by atoms with Crippen molar-refractivity contribution in [2.75, 3.05) is 26.9 Å². The molecule has 2 aromatic carbocycles. The van der Waals surface area contributed by atoms with Gasteiger partial charge in [-0.15, -0.1) is 0 Å². The molecule has 1 heterocycles. The predicted molar refractivity (Wildman–Crippen MR) is 124 cm³/mol. The molecule has 32 heavy (non-hydrogen) atoms. The predicted octanol–water partition coefficient (Wildman–Crippen LogP) is 4.50. The van der Waals surface area contributed by atoms with Crippen molar-refractivity contribution < 1.29 is 24.2 Å². The Morgan fingerprint density at radius 3 is 2.28 bits per heavy atom. The third-order valence-electron chi connectivity index (χ3n) is 5.59. The van der Waals surface area contributed by atoms with Crippen molar-refractivity contribution in [1.29, 1.82) is 0 Å². The molecule has 1 unspecified atom stereocenters. The van der Waals surface area contributed by atoms with Crippen LogP contribution >= 0.6 is 0 Å². The lowest BCUT2D eigenvalue weighted by molar-refractivity contribution is -0.140. The molecule has 0 bridgehead atoms. The summed E-state index contributed by atoms with van der Waals surface area (Å²) in [7, 11) is 1.60. The minimum atomic E-state index is -0.671. The van der Waals surface area contributed by atoms with Crippen molar-refractivity contribution in [1.82, 2.24) is 4.90 Å². The zero-order valence-electron chi connectivity index (χ0n) is 19.0. The normalized spacial score (nSPS) is 17.7. The highest BCUT2D eigenvalue weighted by molar-refractivity contribution is 6.46. The summed E-state index contributed by atoms with van der Waals surface area (Å²) in [5.74, 6) is -0.710. The highest BCUT2D eigenvalue weighted by Crippen LogP contribution is 2.39. The summed E-state index contributed by atoms with van der Waals surface area (Å²) in [4.78, 5) is 27.4. The van der Waals surface area contributed by atoms with Gasteiger partial charge in [-0.3, -0.25) is 9.59 Å². The standard InChI is InChI=1S/C26H31NO5/c1-4-16-32-21-13-11-19(12-14-21)23-22(24(28)20-9-7-18(5-2)8-10-20)25(29)26(30)27(23)15-6-17-31-3/h7-14,23,28H,4-6,15-17H2,1-3H3/b24-22-. The van der Waals surface area contributed by atoms with E-state index in [1.807, 2.05) is 50.2 Å². The second-order valence-corrected chi connectivity index (χ2v) is 7.81. The second kappa shape index (κ2) is 11.0. The number of rotatable bonds is 10. The van der Waals surface area contributed by atoms with E-state index in [1.54, 1.807) is 19.2 Å². The number of carbonyl (C=O) groups is 2. The molecule has 6 heteroatoms. The number of ketones is 1. The van der Waals surface area contributed by atoms with E-state index in [1.165, 1.54) is 4.90 Å². The number of hydrogen-bond donors (Lipinski definition) is 1. The third kappa shape index (κ3) is 5.02. The molecule has 1 atom stereocenters. The molecule has 1 fully saturated rings. The number of benzene rings is 2. The summed E-state index contributed by atoms with van der Waals surface area (Å²) in [6.45, 7) is 5.52. The van der Waals surface area contributed by atoms with E-state index in [0.717, 1.165) is 29.7 Å². The highest BCUT2D eigenvalue weighted by Gasteiger charge is 2.45. The fraction of sp³-hybridized carbons (Fsp3) is 0.385. The highest BCUT2D eigenvalue weighted by atomic mass is 16.5. The number of methoxy groups -OCH3 is 1. The molecular formula is C26H31NO5. The maximum Gasteiger partial charge on any atom is 0.295 e. The average molecular weight is 438 g/mol. The molecule has 1 amide bonds. The molecule has 0 aromatic heterocycles. The summed E-state index contributed by atoms with van der Waals surface area (Å²) in [5.41, 5.74) is 2.50. The van der Waals surface area contributed by atoms with E-state index in [9.17, 15) is 14.7 Å². The smallest absolute Gasteiger partial charge is 0.295 e. The third-order valence-corrected chi connectivity index (χ3v) is 5.59. The number of aliphatic hydroxyl groups is 1. The SMILES string of the molecule is CCCOc1ccc(C2/C(=C(/O)c3ccc(CC)cc3)C(=O)C(=O)N2CCCOC)cc1. The molecule has 0 aliphatic carbocycles. The van der Waals surface area contributed by atoms with Crippen molar-refractivity contribution in [3.05, 3.63) is 70.8 Å². The van der Waals surface area contributed by atoms with Gasteiger partial charge in [0.2, 0.25) is 0 Å². The second-order valence-electron chi connectivity index (χ2n) is 7.81. The van der Waals surface area contributed by atoms with Crippen molar-refractivity contribution in [3.8, 4) is 5.75 Å². The zero-order chi connectivity index (χ0) is 23.1. The fourth-order valence-electron chi connectivity index (χ4n) is 3.86. The quantitative estimate of drug-likeness (QED) is 0.256. The van der Waals surface area contributed by atoms with Gasteiger partial charge >= 0.3 is 0 Å². The van der Waals surface area contributed by atoms with Crippen molar-refractivity contribution >= 4 is 17.4 Å². The van der Waals surface area contributed by atoms with Gasteiger partial charge in [-0.25, -0.2) is 0 Å². The van der Waals surface area contributed by atoms with Crippen LogP contribution in [0.25, 0.3) is 5.76 Å². The van der Waals surface area contributed by atoms with Gasteiger partial charge in [0.05, 0.1) is 18.2 Å². The van der Waals surface area contributed by atoms with Crippen LogP contribution in [-0.2, 0) is 20.7 Å². The number of carbonyl (C=O) groups excluding carboxylic acids is 2. The minimum absolute atomic E-state index is 0.110. The molecule has 1 saturated heterocycles. The molecule has 1 N–H and O–H groups in total. The van der Waals surface area contributed by atoms with Gasteiger partial charge in [-0.05, 0) is 42.5 Å². The molecule has 0 spiro atoms. The largest absolute Gasteiger partial charge is 0.507 e. The van der Waals surface area contributed by atoms with E-state index >= 15 is 0 Å². The lowest BCUT2D eigenvalue weighted by Gasteiger charge is -2.25. The maximum atomic E-state index is 13.0. The Morgan fingerprint density at radius 2 is 1.69 bits per heavy atom. The zero-order valence-corrected chi connectivity index (χ0v) is 19.0. The monoisotopic (exact) mass is 437 g/mol. The van der Waals surface area contributed by atoms with Crippen LogP contribution in [0.4, 0.5) is 0 Å². The number of hydrogen-bond acceptors (Lipinski definition) is 5. The summed E-state index contributed by atoms with van der Waals surface area (Å²) in [6.07, 6.45) is 2.36. The van der Waals surface area contributed by atoms with E-state index < -0.39 is 17.7 Å². The van der Waals surface area contributed by atoms with Crippen molar-refractivity contribution in [2.45, 2.75) is 39.2 Å². The number of aryl methyl sites for hydroxylation is 1. The summed E-state index contributed by atoms with van der Waals surface area (Å²) in [5, 5.41) is 11.1. The van der Waals surface area contributed by atoms with E-state index in [-0.39, 0.29) is 11.3 Å². The molecule has 3 rings (SSSR count). The summed E-state index contributed by atoms with van der Waals surface area (Å²) >= 11 is 0. The first-order valence-corrected chi connectivity index (χ1v) is 11.1. The summed E-state index contributed by atoms with van der Waals surface area (Å²) in [6, 6.07) is 14.1. The van der Waals surface area contributed by atoms with Crippen molar-refractivity contribution in [3.63, 3.8) is 0 Å². The molecule has 2 aromatic rings. The van der Waals surface area contributed by atoms with Crippen LogP contribution < -0.4 is 4.74 Å². The Labute approximate surface area is 189 Å². The number of aliphatic hydroxyl groups excluding tert-OH is 1. The number of amides is 1. The lowest BCUT2D eigenvalue weighted by atomic mass is 9.95. The van der Waals surface area contributed by atoms with Crippen LogP contribution in [0.2, 0.25) is 0 Å². The van der Waals surface area contributed by atoms with Crippen molar-refractivity contribution in [2.24, 2.45) is 0 Å². The minimum Gasteiger partial charge on any atom is -0.507 e. The van der Waals surface area contributed by atoms with E-state index in [0.29, 0.717) is 31.7 Å². The number of likely N-dealkylation sites (tertiary alicyclic amines) is 1. The van der Waals surface area contributed by atoms with Crippen LogP contribution in [0, 0.1) is 0 Å². The topological polar surface area (TPSA) is 76.1 Å². The van der Waals surface area contributed by atoms with Gasteiger partial charge in [0.1, 0.15) is 11.5 Å². The Bertz CT molecular complexity index is 963. The number of ether oxygens (including phenoxy) is 2. The lowest BCUT2D eigenvalue weighted by Crippen LogP contribution is -2.31. The molecule has 0 saturated carbocycles. The van der Waals surface area contributed by atoms with Gasteiger partial charge in [0.15, 0.2) is 0 Å².